The summed E-state index contributed by atoms with van der Waals surface area (Å²) in [6, 6.07) is 9.75. The molecule has 0 radical (unpaired) electrons. The Morgan fingerprint density at radius 1 is 1.07 bits per heavy atom. The summed E-state index contributed by atoms with van der Waals surface area (Å²) in [6.07, 6.45) is 5.61. The molecule has 0 spiro atoms. The van der Waals surface area contributed by atoms with Crippen LogP contribution in [0.5, 0.6) is 0 Å². The van der Waals surface area contributed by atoms with Gasteiger partial charge in [0.15, 0.2) is 5.82 Å². The van der Waals surface area contributed by atoms with Crippen molar-refractivity contribution in [2.75, 3.05) is 6.54 Å². The topological polar surface area (TPSA) is 76.8 Å². The lowest BCUT2D eigenvalue weighted by Gasteiger charge is -2.32. The molecule has 5 rings (SSSR count). The molecule has 1 fully saturated rings. The molecule has 3 aromatic rings. The number of amides is 1. The molecule has 2 aromatic heterocycles. The molecule has 0 saturated heterocycles. The molecule has 1 atom stereocenters. The molecule has 1 aromatic carbocycles. The molecule has 27 heavy (non-hydrogen) atoms. The number of carbonyl (C=O) groups excluding carboxylic acids is 1. The van der Waals surface area contributed by atoms with Crippen LogP contribution in [-0.2, 0) is 6.54 Å². The smallest absolute Gasteiger partial charge is 0.257 e. The minimum absolute atomic E-state index is 0.0552. The third-order valence-corrected chi connectivity index (χ3v) is 5.25. The van der Waals surface area contributed by atoms with Crippen molar-refractivity contribution in [1.29, 1.82) is 0 Å². The summed E-state index contributed by atoms with van der Waals surface area (Å²) in [6.45, 7) is 3.22. The van der Waals surface area contributed by atoms with Crippen LogP contribution in [0.1, 0.15) is 53.7 Å². The molecule has 3 heterocycles. The van der Waals surface area contributed by atoms with Gasteiger partial charge in [-0.1, -0.05) is 30.3 Å². The lowest BCUT2D eigenvalue weighted by molar-refractivity contribution is 0.0630. The summed E-state index contributed by atoms with van der Waals surface area (Å²) in [5.74, 6) is 2.79. The van der Waals surface area contributed by atoms with E-state index in [2.05, 4.69) is 15.1 Å². The van der Waals surface area contributed by atoms with Crippen molar-refractivity contribution in [2.24, 2.45) is 0 Å². The lowest BCUT2D eigenvalue weighted by atomic mass is 10.1. The van der Waals surface area contributed by atoms with Crippen LogP contribution in [0.2, 0.25) is 0 Å². The normalized spacial score (nSPS) is 19.0. The molecule has 136 valence electrons. The molecule has 7 heteroatoms. The zero-order valence-electron chi connectivity index (χ0n) is 15.1. The van der Waals surface area contributed by atoms with E-state index in [1.54, 1.807) is 12.4 Å². The number of hydrogen-bond donors (Lipinski definition) is 0. The van der Waals surface area contributed by atoms with Crippen LogP contribution in [-0.4, -0.2) is 42.1 Å². The molecule has 1 amide bonds. The fourth-order valence-corrected chi connectivity index (χ4v) is 3.52. The number of rotatable bonds is 3. The van der Waals surface area contributed by atoms with Crippen LogP contribution in [0.15, 0.2) is 42.7 Å². The quantitative estimate of drug-likeness (QED) is 0.718. The molecule has 0 bridgehead atoms. The Morgan fingerprint density at radius 3 is 2.52 bits per heavy atom. The highest BCUT2D eigenvalue weighted by atomic mass is 16.2. The van der Waals surface area contributed by atoms with Crippen LogP contribution < -0.4 is 0 Å². The summed E-state index contributed by atoms with van der Waals surface area (Å²) in [5, 5.41) is 4.62. The first-order chi connectivity index (χ1) is 13.2. The Morgan fingerprint density at radius 2 is 1.81 bits per heavy atom. The predicted octanol–water partition coefficient (Wildman–Crippen LogP) is 2.83. The second kappa shape index (κ2) is 6.26. The van der Waals surface area contributed by atoms with Crippen molar-refractivity contribution in [1.82, 2.24) is 29.6 Å². The lowest BCUT2D eigenvalue weighted by Crippen LogP contribution is -2.41. The number of carbonyl (C=O) groups is 1. The van der Waals surface area contributed by atoms with E-state index in [4.69, 9.17) is 4.98 Å². The van der Waals surface area contributed by atoms with E-state index in [0.29, 0.717) is 30.4 Å². The maximum Gasteiger partial charge on any atom is 0.257 e. The van der Waals surface area contributed by atoms with Gasteiger partial charge < -0.3 is 4.90 Å². The van der Waals surface area contributed by atoms with Crippen LogP contribution in [0.3, 0.4) is 0 Å². The highest BCUT2D eigenvalue weighted by Gasteiger charge is 2.32. The van der Waals surface area contributed by atoms with Gasteiger partial charge in [-0.05, 0) is 19.8 Å². The van der Waals surface area contributed by atoms with E-state index < -0.39 is 0 Å². The summed E-state index contributed by atoms with van der Waals surface area (Å²) in [5.41, 5.74) is 1.51. The molecule has 1 aliphatic heterocycles. The number of hydrogen-bond acceptors (Lipinski definition) is 5. The number of nitrogens with zero attached hydrogens (tertiary/aromatic N) is 6. The van der Waals surface area contributed by atoms with Gasteiger partial charge in [0, 0.05) is 30.4 Å². The van der Waals surface area contributed by atoms with Gasteiger partial charge in [-0.3, -0.25) is 4.79 Å². The minimum atomic E-state index is -0.153. The number of aromatic nitrogens is 5. The second-order valence-electron chi connectivity index (χ2n) is 7.16. The van der Waals surface area contributed by atoms with Crippen molar-refractivity contribution in [3.05, 3.63) is 59.9 Å². The second-order valence-corrected chi connectivity index (χ2v) is 7.16. The van der Waals surface area contributed by atoms with E-state index in [-0.39, 0.29) is 11.9 Å². The summed E-state index contributed by atoms with van der Waals surface area (Å²) >= 11 is 0. The predicted molar refractivity (Wildman–Crippen MR) is 98.9 cm³/mol. The van der Waals surface area contributed by atoms with Gasteiger partial charge in [-0.2, -0.15) is 5.10 Å². The van der Waals surface area contributed by atoms with Crippen LogP contribution in [0, 0.1) is 0 Å². The maximum atomic E-state index is 13.0. The number of benzene rings is 1. The summed E-state index contributed by atoms with van der Waals surface area (Å²) < 4.78 is 1.91. The number of fused-ring (bicyclic) bond motifs is 1. The van der Waals surface area contributed by atoms with Gasteiger partial charge in [0.2, 0.25) is 0 Å². The van der Waals surface area contributed by atoms with Gasteiger partial charge in [-0.15, -0.1) is 0 Å². The van der Waals surface area contributed by atoms with Gasteiger partial charge in [0.25, 0.3) is 5.91 Å². The largest absolute Gasteiger partial charge is 0.327 e. The monoisotopic (exact) mass is 360 g/mol. The average Bonchev–Trinajstić information content (AvgIpc) is 3.47. The molecular weight excluding hydrogens is 340 g/mol. The van der Waals surface area contributed by atoms with Crippen LogP contribution in [0.4, 0.5) is 0 Å². The first kappa shape index (κ1) is 16.1. The van der Waals surface area contributed by atoms with E-state index >= 15 is 0 Å². The van der Waals surface area contributed by atoms with Gasteiger partial charge >= 0.3 is 0 Å². The highest BCUT2D eigenvalue weighted by Crippen LogP contribution is 2.37. The first-order valence-electron chi connectivity index (χ1n) is 9.34. The Kier molecular flexibility index (Phi) is 3.74. The zero-order chi connectivity index (χ0) is 18.4. The molecule has 1 aliphatic carbocycles. The van der Waals surface area contributed by atoms with E-state index in [1.165, 1.54) is 0 Å². The van der Waals surface area contributed by atoms with Crippen LogP contribution in [0.25, 0.3) is 11.4 Å². The third kappa shape index (κ3) is 2.89. The van der Waals surface area contributed by atoms with Gasteiger partial charge in [0.1, 0.15) is 11.6 Å². The fraction of sp³-hybridized carbons (Fsp3) is 0.350. The molecular formula is C20H20N6O. The highest BCUT2D eigenvalue weighted by molar-refractivity contribution is 5.94. The Bertz CT molecular complexity index is 977. The summed E-state index contributed by atoms with van der Waals surface area (Å²) in [7, 11) is 0. The van der Waals surface area contributed by atoms with Crippen molar-refractivity contribution < 1.29 is 4.79 Å². The minimum Gasteiger partial charge on any atom is -0.327 e. The van der Waals surface area contributed by atoms with Crippen molar-refractivity contribution in [2.45, 2.75) is 38.3 Å². The Hall–Kier alpha value is -3.09. The third-order valence-electron chi connectivity index (χ3n) is 5.25. The SMILES string of the molecule is C[C@H]1c2nc(-c3ccccc3)nn2CCN1C(=O)c1cnc(C2CC2)nc1. The van der Waals surface area contributed by atoms with Crippen molar-refractivity contribution >= 4 is 5.91 Å². The Labute approximate surface area is 157 Å². The van der Waals surface area contributed by atoms with Gasteiger partial charge in [-0.25, -0.2) is 19.6 Å². The molecule has 1 saturated carbocycles. The zero-order valence-corrected chi connectivity index (χ0v) is 15.1. The molecule has 2 aliphatic rings. The summed E-state index contributed by atoms with van der Waals surface area (Å²) in [4.78, 5) is 28.3. The fourth-order valence-electron chi connectivity index (χ4n) is 3.52. The van der Waals surface area contributed by atoms with Gasteiger partial charge in [0.05, 0.1) is 18.2 Å². The molecule has 0 N–H and O–H groups in total. The standard InChI is InChI=1S/C20H20N6O/c1-13-19-23-18(14-5-3-2-4-6-14)24-26(19)10-9-25(13)20(27)16-11-21-17(22-12-16)15-7-8-15/h2-6,11-13,15H,7-10H2,1H3/t13-/m0/s1. The van der Waals surface area contributed by atoms with Crippen LogP contribution >= 0.6 is 0 Å². The average molecular weight is 360 g/mol. The molecule has 0 unspecified atom stereocenters. The van der Waals surface area contributed by atoms with Crippen molar-refractivity contribution in [3.8, 4) is 11.4 Å². The maximum absolute atomic E-state index is 13.0. The van der Waals surface area contributed by atoms with E-state index in [1.807, 2.05) is 46.8 Å². The van der Waals surface area contributed by atoms with E-state index in [9.17, 15) is 4.79 Å². The Balaban J connectivity index is 1.39. The first-order valence-corrected chi connectivity index (χ1v) is 9.34. The van der Waals surface area contributed by atoms with Crippen molar-refractivity contribution in [3.63, 3.8) is 0 Å². The van der Waals surface area contributed by atoms with E-state index in [0.717, 1.165) is 30.1 Å². The molecule has 7 nitrogen and oxygen atoms in total.